The molecule has 74 valence electrons. The number of aromatic nitrogens is 2. The van der Waals surface area contributed by atoms with E-state index in [2.05, 4.69) is 9.97 Å². The number of aromatic amines is 1. The van der Waals surface area contributed by atoms with Crippen LogP contribution in [0.1, 0.15) is 5.82 Å². The van der Waals surface area contributed by atoms with Crippen LogP contribution in [0.3, 0.4) is 0 Å². The average Bonchev–Trinajstić information content (AvgIpc) is 2.64. The number of hydrogen-bond donors (Lipinski definition) is 1. The van der Waals surface area contributed by atoms with E-state index >= 15 is 0 Å². The van der Waals surface area contributed by atoms with Crippen molar-refractivity contribution in [3.05, 3.63) is 18.2 Å². The zero-order chi connectivity index (χ0) is 9.97. The first-order chi connectivity index (χ1) is 6.77. The smallest absolute Gasteiger partial charge is 0.255 e. The largest absolute Gasteiger partial charge is 0.362 e. The van der Waals surface area contributed by atoms with Gasteiger partial charge in [0, 0.05) is 12.4 Å². The Kier molecular flexibility index (Phi) is 2.28. The summed E-state index contributed by atoms with van der Waals surface area (Å²) in [7, 11) is 0. The predicted molar refractivity (Wildman–Crippen MR) is 45.0 cm³/mol. The maximum atomic E-state index is 11.3. The second-order valence-corrected chi connectivity index (χ2v) is 2.90. The van der Waals surface area contributed by atoms with Crippen molar-refractivity contribution in [3.63, 3.8) is 0 Å². The predicted octanol–water partition coefficient (Wildman–Crippen LogP) is -0.705. The lowest BCUT2D eigenvalue weighted by atomic mass is 10.4. The number of nitrogens with zero attached hydrogens (tertiary/aromatic N) is 2. The molecule has 1 saturated heterocycles. The molecule has 0 saturated carbocycles. The van der Waals surface area contributed by atoms with E-state index in [0.717, 1.165) is 4.90 Å². The van der Waals surface area contributed by atoms with Crippen molar-refractivity contribution in [3.8, 4) is 0 Å². The number of carbonyl (C=O) groups is 2. The molecule has 0 radical (unpaired) electrons. The Balaban J connectivity index is 2.08. The minimum absolute atomic E-state index is 0.0353. The minimum Gasteiger partial charge on any atom is -0.362 e. The molecule has 1 aromatic heterocycles. The summed E-state index contributed by atoms with van der Waals surface area (Å²) < 4.78 is 4.77. The number of morpholine rings is 1. The van der Waals surface area contributed by atoms with Gasteiger partial charge in [0.2, 0.25) is 0 Å². The van der Waals surface area contributed by atoms with Crippen molar-refractivity contribution in [2.24, 2.45) is 0 Å². The summed E-state index contributed by atoms with van der Waals surface area (Å²) in [5.41, 5.74) is 0. The van der Waals surface area contributed by atoms with Crippen molar-refractivity contribution in [2.75, 3.05) is 13.2 Å². The van der Waals surface area contributed by atoms with Crippen LogP contribution in [0.25, 0.3) is 0 Å². The number of ether oxygens (including phenoxy) is 1. The van der Waals surface area contributed by atoms with Gasteiger partial charge in [-0.25, -0.2) is 4.98 Å². The van der Waals surface area contributed by atoms with Gasteiger partial charge < -0.3 is 9.72 Å². The number of imide groups is 1. The fourth-order valence-electron chi connectivity index (χ4n) is 1.23. The number of carbonyl (C=O) groups excluding carboxylic acids is 2. The summed E-state index contributed by atoms with van der Waals surface area (Å²) in [5.74, 6) is -0.0519. The number of imidazole rings is 1. The van der Waals surface area contributed by atoms with Gasteiger partial charge in [0.1, 0.15) is 19.0 Å². The first-order valence-electron chi connectivity index (χ1n) is 4.16. The van der Waals surface area contributed by atoms with Crippen LogP contribution < -0.4 is 0 Å². The number of hydrogen-bond acceptors (Lipinski definition) is 4. The molecule has 2 amide bonds. The van der Waals surface area contributed by atoms with E-state index in [1.54, 1.807) is 12.4 Å². The van der Waals surface area contributed by atoms with Gasteiger partial charge in [-0.15, -0.1) is 0 Å². The monoisotopic (exact) mass is 195 g/mol. The lowest BCUT2D eigenvalue weighted by Gasteiger charge is -2.23. The van der Waals surface area contributed by atoms with Crippen molar-refractivity contribution in [2.45, 2.75) is 6.54 Å². The van der Waals surface area contributed by atoms with E-state index in [-0.39, 0.29) is 31.6 Å². The van der Waals surface area contributed by atoms with Crippen LogP contribution >= 0.6 is 0 Å². The average molecular weight is 195 g/mol. The lowest BCUT2D eigenvalue weighted by molar-refractivity contribution is -0.159. The third kappa shape index (κ3) is 1.64. The number of amides is 2. The molecule has 1 aliphatic heterocycles. The molecule has 1 fully saturated rings. The first kappa shape index (κ1) is 8.89. The van der Waals surface area contributed by atoms with Crippen LogP contribution in [-0.2, 0) is 20.9 Å². The second kappa shape index (κ2) is 3.59. The topological polar surface area (TPSA) is 75.3 Å². The summed E-state index contributed by atoms with van der Waals surface area (Å²) in [6, 6.07) is 0. The summed E-state index contributed by atoms with van der Waals surface area (Å²) in [6.45, 7) is 0.118. The van der Waals surface area contributed by atoms with Crippen LogP contribution in [0.5, 0.6) is 0 Å². The third-order valence-electron chi connectivity index (χ3n) is 1.92. The highest BCUT2D eigenvalue weighted by Gasteiger charge is 2.26. The third-order valence-corrected chi connectivity index (χ3v) is 1.92. The molecule has 6 nitrogen and oxygen atoms in total. The Labute approximate surface area is 79.9 Å². The van der Waals surface area contributed by atoms with E-state index in [1.807, 2.05) is 0 Å². The van der Waals surface area contributed by atoms with Crippen molar-refractivity contribution in [1.29, 1.82) is 0 Å². The highest BCUT2D eigenvalue weighted by Crippen LogP contribution is 2.05. The Morgan fingerprint density at radius 3 is 2.71 bits per heavy atom. The normalized spacial score (nSPS) is 17.6. The van der Waals surface area contributed by atoms with E-state index in [1.165, 1.54) is 0 Å². The van der Waals surface area contributed by atoms with Gasteiger partial charge in [-0.05, 0) is 0 Å². The van der Waals surface area contributed by atoms with Crippen molar-refractivity contribution >= 4 is 11.8 Å². The molecule has 6 heteroatoms. The lowest BCUT2D eigenvalue weighted by Crippen LogP contribution is -2.45. The summed E-state index contributed by atoms with van der Waals surface area (Å²) in [5, 5.41) is 0. The molecule has 0 aliphatic carbocycles. The van der Waals surface area contributed by atoms with Gasteiger partial charge in [0.15, 0.2) is 0 Å². The number of nitrogens with one attached hydrogen (secondary N) is 1. The van der Waals surface area contributed by atoms with Gasteiger partial charge >= 0.3 is 0 Å². The van der Waals surface area contributed by atoms with Gasteiger partial charge in [-0.2, -0.15) is 0 Å². The van der Waals surface area contributed by atoms with Crippen LogP contribution in [0.15, 0.2) is 12.4 Å². The summed E-state index contributed by atoms with van der Waals surface area (Å²) >= 11 is 0. The molecule has 0 aromatic carbocycles. The molecule has 2 rings (SSSR count). The highest BCUT2D eigenvalue weighted by molar-refractivity contribution is 5.98. The van der Waals surface area contributed by atoms with E-state index in [4.69, 9.17) is 4.74 Å². The quantitative estimate of drug-likeness (QED) is 0.633. The first-order valence-corrected chi connectivity index (χ1v) is 4.16. The fraction of sp³-hybridized carbons (Fsp3) is 0.375. The van der Waals surface area contributed by atoms with Crippen molar-refractivity contribution < 1.29 is 14.3 Å². The number of H-pyrrole nitrogens is 1. The Morgan fingerprint density at radius 1 is 1.43 bits per heavy atom. The van der Waals surface area contributed by atoms with Crippen molar-refractivity contribution in [1.82, 2.24) is 14.9 Å². The standard InChI is InChI=1S/C8H9N3O3/c12-7-4-14-5-8(13)11(7)3-6-9-1-2-10-6/h1-2H,3-5H2,(H,9,10). The molecular formula is C8H9N3O3. The van der Waals surface area contributed by atoms with E-state index in [9.17, 15) is 9.59 Å². The molecule has 0 unspecified atom stereocenters. The Hall–Kier alpha value is -1.69. The summed E-state index contributed by atoms with van der Waals surface area (Å²) in [4.78, 5) is 30.4. The van der Waals surface area contributed by atoms with Gasteiger partial charge in [-0.1, -0.05) is 0 Å². The van der Waals surface area contributed by atoms with Crippen LogP contribution in [0, 0.1) is 0 Å². The Bertz CT molecular complexity index is 331. The second-order valence-electron chi connectivity index (χ2n) is 2.90. The zero-order valence-electron chi connectivity index (χ0n) is 7.40. The number of rotatable bonds is 2. The van der Waals surface area contributed by atoms with Crippen LogP contribution in [0.2, 0.25) is 0 Å². The molecule has 0 bridgehead atoms. The molecule has 0 spiro atoms. The van der Waals surface area contributed by atoms with Crippen LogP contribution in [-0.4, -0.2) is 39.9 Å². The molecule has 1 N–H and O–H groups in total. The molecule has 1 aromatic rings. The fourth-order valence-corrected chi connectivity index (χ4v) is 1.23. The maximum absolute atomic E-state index is 11.3. The van der Waals surface area contributed by atoms with E-state index < -0.39 is 0 Å². The minimum atomic E-state index is -0.322. The van der Waals surface area contributed by atoms with Gasteiger partial charge in [0.05, 0.1) is 6.54 Å². The van der Waals surface area contributed by atoms with Crippen LogP contribution in [0.4, 0.5) is 0 Å². The summed E-state index contributed by atoms with van der Waals surface area (Å²) in [6.07, 6.45) is 3.22. The molecule has 1 aliphatic rings. The van der Waals surface area contributed by atoms with Gasteiger partial charge in [0.25, 0.3) is 11.8 Å². The molecule has 14 heavy (non-hydrogen) atoms. The molecular weight excluding hydrogens is 186 g/mol. The van der Waals surface area contributed by atoms with E-state index in [0.29, 0.717) is 5.82 Å². The maximum Gasteiger partial charge on any atom is 0.255 e. The zero-order valence-corrected chi connectivity index (χ0v) is 7.40. The van der Waals surface area contributed by atoms with Gasteiger partial charge in [-0.3, -0.25) is 14.5 Å². The highest BCUT2D eigenvalue weighted by atomic mass is 16.5. The molecule has 2 heterocycles. The Morgan fingerprint density at radius 2 is 2.14 bits per heavy atom. The SMILES string of the molecule is O=C1COCC(=O)N1Cc1ncc[nH]1. The molecule has 0 atom stereocenters.